The van der Waals surface area contributed by atoms with Crippen LogP contribution < -0.4 is 11.1 Å². The zero-order chi connectivity index (χ0) is 24.5. The third-order valence-electron chi connectivity index (χ3n) is 6.35. The Labute approximate surface area is 206 Å². The second-order valence-corrected chi connectivity index (χ2v) is 8.88. The van der Waals surface area contributed by atoms with Gasteiger partial charge >= 0.3 is 0 Å². The van der Waals surface area contributed by atoms with E-state index in [1.807, 2.05) is 48.5 Å². The number of aromatic nitrogens is 3. The minimum absolute atomic E-state index is 0.00537. The zero-order valence-corrected chi connectivity index (χ0v) is 20.5. The number of aryl methyl sites for hydroxylation is 1. The number of anilines is 1. The Hall–Kier alpha value is -3.45. The first kappa shape index (κ1) is 24.7. The van der Waals surface area contributed by atoms with E-state index >= 15 is 0 Å². The number of fused-ring (bicyclic) bond motifs is 3. The Balaban J connectivity index is 1.27. The van der Waals surface area contributed by atoms with E-state index in [1.54, 1.807) is 7.11 Å². The van der Waals surface area contributed by atoms with Crippen molar-refractivity contribution in [2.45, 2.75) is 51.5 Å². The van der Waals surface area contributed by atoms with Crippen LogP contribution in [0.3, 0.4) is 0 Å². The smallest absolute Gasteiger partial charge is 0.251 e. The molecule has 2 aromatic carbocycles. The molecule has 0 aliphatic heterocycles. The lowest BCUT2D eigenvalue weighted by Crippen LogP contribution is -2.24. The number of para-hydroxylation sites is 1. The number of nitrogen functional groups attached to an aromatic ring is 1. The van der Waals surface area contributed by atoms with E-state index in [-0.39, 0.29) is 5.91 Å². The average molecular weight is 474 g/mol. The van der Waals surface area contributed by atoms with Crippen molar-refractivity contribution in [3.8, 4) is 0 Å². The molecule has 0 bridgehead atoms. The van der Waals surface area contributed by atoms with Gasteiger partial charge in [0.1, 0.15) is 11.3 Å². The summed E-state index contributed by atoms with van der Waals surface area (Å²) in [5.41, 5.74) is 9.75. The number of nitrogens with zero attached hydrogens (tertiary/aromatic N) is 3. The fourth-order valence-electron chi connectivity index (χ4n) is 4.53. The lowest BCUT2D eigenvalue weighted by molar-refractivity contribution is 0.0953. The SMILES string of the molecule is COCCc1nc2c(N)nc3ccccc3c2n1CCCCCCCCNC(=O)c1ccccc1. The molecule has 0 aliphatic rings. The number of unbranched alkanes of at least 4 members (excludes halogenated alkanes) is 5. The number of rotatable bonds is 13. The van der Waals surface area contributed by atoms with E-state index in [9.17, 15) is 4.79 Å². The van der Waals surface area contributed by atoms with Crippen molar-refractivity contribution in [3.63, 3.8) is 0 Å². The topological polar surface area (TPSA) is 95.1 Å². The Morgan fingerprint density at radius 3 is 2.46 bits per heavy atom. The van der Waals surface area contributed by atoms with Gasteiger partial charge in [-0.05, 0) is 31.0 Å². The summed E-state index contributed by atoms with van der Waals surface area (Å²) in [4.78, 5) is 21.5. The summed E-state index contributed by atoms with van der Waals surface area (Å²) >= 11 is 0. The van der Waals surface area contributed by atoms with Gasteiger partial charge in [-0.15, -0.1) is 0 Å². The molecule has 0 unspecified atom stereocenters. The molecular weight excluding hydrogens is 438 g/mol. The number of imidazole rings is 1. The number of carbonyl (C=O) groups is 1. The van der Waals surface area contributed by atoms with Crippen LogP contribution in [0.2, 0.25) is 0 Å². The average Bonchev–Trinajstić information content (AvgIpc) is 3.26. The number of hydrogen-bond acceptors (Lipinski definition) is 5. The van der Waals surface area contributed by atoms with E-state index in [0.29, 0.717) is 12.4 Å². The molecule has 0 saturated heterocycles. The Kier molecular flexibility index (Phi) is 8.68. The van der Waals surface area contributed by atoms with Crippen LogP contribution in [0.1, 0.15) is 54.7 Å². The quantitative estimate of drug-likeness (QED) is 0.263. The van der Waals surface area contributed by atoms with Crippen molar-refractivity contribution in [2.75, 3.05) is 26.0 Å². The van der Waals surface area contributed by atoms with E-state index < -0.39 is 0 Å². The maximum Gasteiger partial charge on any atom is 0.251 e. The Morgan fingerprint density at radius 2 is 1.66 bits per heavy atom. The molecule has 2 aromatic heterocycles. The summed E-state index contributed by atoms with van der Waals surface area (Å²) in [6, 6.07) is 17.5. The van der Waals surface area contributed by atoms with Gasteiger partial charge in [-0.3, -0.25) is 4.79 Å². The summed E-state index contributed by atoms with van der Waals surface area (Å²) in [7, 11) is 1.71. The zero-order valence-electron chi connectivity index (χ0n) is 20.5. The van der Waals surface area contributed by atoms with Crippen molar-refractivity contribution >= 4 is 33.7 Å². The van der Waals surface area contributed by atoms with Gasteiger partial charge in [0.05, 0.1) is 17.6 Å². The minimum Gasteiger partial charge on any atom is -0.384 e. The molecule has 3 N–H and O–H groups in total. The van der Waals surface area contributed by atoms with Gasteiger partial charge < -0.3 is 20.4 Å². The number of hydrogen-bond donors (Lipinski definition) is 2. The highest BCUT2D eigenvalue weighted by atomic mass is 16.5. The van der Waals surface area contributed by atoms with Gasteiger partial charge in [0.15, 0.2) is 5.82 Å². The second kappa shape index (κ2) is 12.3. The van der Waals surface area contributed by atoms with Crippen LogP contribution in [0.25, 0.3) is 21.9 Å². The summed E-state index contributed by atoms with van der Waals surface area (Å²) in [6.07, 6.45) is 7.44. The fraction of sp³-hybridized carbons (Fsp3) is 0.393. The molecule has 4 rings (SSSR count). The van der Waals surface area contributed by atoms with Gasteiger partial charge in [-0.25, -0.2) is 9.97 Å². The summed E-state index contributed by atoms with van der Waals surface area (Å²) in [5.74, 6) is 1.49. The first-order valence-corrected chi connectivity index (χ1v) is 12.5. The van der Waals surface area contributed by atoms with Gasteiger partial charge in [-0.1, -0.05) is 62.1 Å². The van der Waals surface area contributed by atoms with Crippen molar-refractivity contribution in [1.82, 2.24) is 19.9 Å². The molecule has 7 heteroatoms. The number of benzene rings is 2. The molecule has 1 amide bonds. The molecular formula is C28H35N5O2. The van der Waals surface area contributed by atoms with Gasteiger partial charge in [0.2, 0.25) is 0 Å². The molecule has 35 heavy (non-hydrogen) atoms. The number of ether oxygens (including phenoxy) is 1. The number of carbonyl (C=O) groups excluding carboxylic acids is 1. The monoisotopic (exact) mass is 473 g/mol. The van der Waals surface area contributed by atoms with E-state index in [1.165, 1.54) is 12.8 Å². The highest BCUT2D eigenvalue weighted by molar-refractivity contribution is 6.06. The lowest BCUT2D eigenvalue weighted by atomic mass is 10.1. The van der Waals surface area contributed by atoms with Crippen LogP contribution in [-0.4, -0.2) is 40.7 Å². The van der Waals surface area contributed by atoms with E-state index in [4.69, 9.17) is 15.5 Å². The standard InChI is InChI=1S/C28H35N5O2/c1-35-20-17-24-32-25-26(22-15-9-10-16-23(22)31-27(25)29)33(24)19-12-5-3-2-4-11-18-30-28(34)21-13-7-6-8-14-21/h6-10,13-16H,2-5,11-12,17-20H2,1H3,(H2,29,31)(H,30,34). The van der Waals surface area contributed by atoms with Crippen molar-refractivity contribution in [2.24, 2.45) is 0 Å². The normalized spacial score (nSPS) is 11.3. The number of methoxy groups -OCH3 is 1. The largest absolute Gasteiger partial charge is 0.384 e. The predicted octanol–water partition coefficient (Wildman–Crippen LogP) is 5.13. The van der Waals surface area contributed by atoms with E-state index in [0.717, 1.165) is 78.5 Å². The fourth-order valence-corrected chi connectivity index (χ4v) is 4.53. The number of nitrogens with one attached hydrogen (secondary N) is 1. The summed E-state index contributed by atoms with van der Waals surface area (Å²) in [6.45, 7) is 2.24. The first-order valence-electron chi connectivity index (χ1n) is 12.5. The van der Waals surface area contributed by atoms with Gasteiger partial charge in [-0.2, -0.15) is 0 Å². The van der Waals surface area contributed by atoms with Gasteiger partial charge in [0.25, 0.3) is 5.91 Å². The Bertz CT molecular complexity index is 1250. The molecule has 0 atom stereocenters. The molecule has 0 radical (unpaired) electrons. The van der Waals surface area contributed by atoms with Crippen LogP contribution in [0.5, 0.6) is 0 Å². The first-order chi connectivity index (χ1) is 17.2. The lowest BCUT2D eigenvalue weighted by Gasteiger charge is -2.11. The molecule has 184 valence electrons. The molecule has 7 nitrogen and oxygen atoms in total. The second-order valence-electron chi connectivity index (χ2n) is 8.88. The maximum atomic E-state index is 12.1. The van der Waals surface area contributed by atoms with Crippen LogP contribution >= 0.6 is 0 Å². The summed E-state index contributed by atoms with van der Waals surface area (Å²) < 4.78 is 7.63. The minimum atomic E-state index is 0.00537. The predicted molar refractivity (Wildman–Crippen MR) is 142 cm³/mol. The Morgan fingerprint density at radius 1 is 0.943 bits per heavy atom. The van der Waals surface area contributed by atoms with Crippen LogP contribution in [0.4, 0.5) is 5.82 Å². The highest BCUT2D eigenvalue weighted by Gasteiger charge is 2.16. The number of nitrogens with two attached hydrogens (primary N) is 1. The maximum absolute atomic E-state index is 12.1. The third kappa shape index (κ3) is 6.17. The summed E-state index contributed by atoms with van der Waals surface area (Å²) in [5, 5.41) is 4.09. The van der Waals surface area contributed by atoms with Crippen LogP contribution in [0.15, 0.2) is 54.6 Å². The third-order valence-corrected chi connectivity index (χ3v) is 6.35. The molecule has 2 heterocycles. The van der Waals surface area contributed by atoms with Crippen LogP contribution in [0, 0.1) is 0 Å². The molecule has 0 fully saturated rings. The van der Waals surface area contributed by atoms with Crippen molar-refractivity contribution in [3.05, 3.63) is 66.0 Å². The van der Waals surface area contributed by atoms with E-state index in [2.05, 4.69) is 20.9 Å². The number of amides is 1. The molecule has 4 aromatic rings. The van der Waals surface area contributed by atoms with Crippen molar-refractivity contribution in [1.29, 1.82) is 0 Å². The molecule has 0 saturated carbocycles. The highest BCUT2D eigenvalue weighted by Crippen LogP contribution is 2.29. The molecule has 0 spiro atoms. The number of pyridine rings is 1. The van der Waals surface area contributed by atoms with Gasteiger partial charge in [0, 0.05) is 37.6 Å². The van der Waals surface area contributed by atoms with Crippen LogP contribution in [-0.2, 0) is 17.7 Å². The van der Waals surface area contributed by atoms with Crippen molar-refractivity contribution < 1.29 is 9.53 Å². The molecule has 0 aliphatic carbocycles.